The molecule has 1 unspecified atom stereocenters. The molecule has 164 valence electrons. The Morgan fingerprint density at radius 1 is 1.17 bits per heavy atom. The molecule has 1 aromatic rings. The Kier molecular flexibility index (Phi) is 5.96. The average molecular weight is 430 g/mol. The van der Waals surface area contributed by atoms with Crippen molar-refractivity contribution in [2.24, 2.45) is 5.92 Å². The van der Waals surface area contributed by atoms with E-state index in [4.69, 9.17) is 16.3 Å². The number of likely N-dealkylation sites (N-methyl/N-ethyl adjacent to an activating group) is 1. The van der Waals surface area contributed by atoms with Gasteiger partial charge in [0.2, 0.25) is 11.1 Å². The smallest absolute Gasteiger partial charge is 0.366 e. The van der Waals surface area contributed by atoms with Crippen LogP contribution in [0, 0.1) is 5.92 Å². The fraction of sp³-hybridized carbons (Fsp3) is 0.654. The molecule has 2 heterocycles. The van der Waals surface area contributed by atoms with Crippen molar-refractivity contribution in [2.45, 2.75) is 89.7 Å². The normalized spacial score (nSPS) is 26.5. The van der Waals surface area contributed by atoms with E-state index in [-0.39, 0.29) is 16.5 Å². The summed E-state index contributed by atoms with van der Waals surface area (Å²) in [6.45, 7) is 13.1. The number of anilines is 1. The van der Waals surface area contributed by atoms with Crippen LogP contribution < -0.4 is 4.90 Å². The summed E-state index contributed by atoms with van der Waals surface area (Å²) in [5, 5.41) is 0. The summed E-state index contributed by atoms with van der Waals surface area (Å²) in [6, 6.07) is 8.89. The molecule has 0 spiro atoms. The zero-order valence-corrected chi connectivity index (χ0v) is 20.1. The molecular formula is C26H38ClN2O+. The molecular weight excluding hydrogens is 392 g/mol. The summed E-state index contributed by atoms with van der Waals surface area (Å²) in [4.78, 5) is 2.54. The number of halogens is 1. The summed E-state index contributed by atoms with van der Waals surface area (Å²) >= 11 is 6.58. The lowest BCUT2D eigenvalue weighted by Gasteiger charge is -2.27. The number of alkyl halides is 1. The molecule has 0 radical (unpaired) electrons. The maximum atomic E-state index is 6.58. The summed E-state index contributed by atoms with van der Waals surface area (Å²) in [7, 11) is 0. The van der Waals surface area contributed by atoms with Crippen molar-refractivity contribution in [3.8, 4) is 0 Å². The zero-order chi connectivity index (χ0) is 21.5. The van der Waals surface area contributed by atoms with Crippen molar-refractivity contribution >= 4 is 23.2 Å². The average Bonchev–Trinajstić information content (AvgIpc) is 3.35. The van der Waals surface area contributed by atoms with Crippen molar-refractivity contribution in [2.75, 3.05) is 18.0 Å². The maximum absolute atomic E-state index is 6.58. The number of benzene rings is 1. The van der Waals surface area contributed by atoms with Crippen molar-refractivity contribution < 1.29 is 9.31 Å². The summed E-state index contributed by atoms with van der Waals surface area (Å²) in [6.07, 6.45) is 10.5. The first-order valence-corrected chi connectivity index (χ1v) is 12.2. The zero-order valence-electron chi connectivity index (χ0n) is 19.4. The van der Waals surface area contributed by atoms with Crippen LogP contribution in [0.2, 0.25) is 0 Å². The molecule has 0 bridgehead atoms. The van der Waals surface area contributed by atoms with Crippen LogP contribution in [0.4, 0.5) is 5.69 Å². The highest BCUT2D eigenvalue weighted by atomic mass is 35.5. The predicted octanol–water partition coefficient (Wildman–Crippen LogP) is 6.44. The minimum atomic E-state index is -0.341. The molecule has 3 nitrogen and oxygen atoms in total. The van der Waals surface area contributed by atoms with Gasteiger partial charge in [-0.05, 0) is 37.3 Å². The Balaban J connectivity index is 1.67. The maximum Gasteiger partial charge on any atom is 0.366 e. The molecule has 0 saturated heterocycles. The summed E-state index contributed by atoms with van der Waals surface area (Å²) < 4.78 is 8.47. The van der Waals surface area contributed by atoms with E-state index in [1.54, 1.807) is 0 Å². The molecule has 0 amide bonds. The molecule has 1 aromatic carbocycles. The molecule has 2 aliphatic heterocycles. The van der Waals surface area contributed by atoms with Gasteiger partial charge in [0.25, 0.3) is 0 Å². The van der Waals surface area contributed by atoms with E-state index in [1.807, 2.05) is 0 Å². The third-order valence-corrected chi connectivity index (χ3v) is 8.21. The van der Waals surface area contributed by atoms with Gasteiger partial charge in [0, 0.05) is 37.2 Å². The summed E-state index contributed by atoms with van der Waals surface area (Å²) in [5.74, 6) is 1.84. The van der Waals surface area contributed by atoms with Crippen LogP contribution in [0.5, 0.6) is 0 Å². The fourth-order valence-electron chi connectivity index (χ4n) is 5.69. The molecule has 4 rings (SSSR count). The standard InChI is InChI=1S/C26H38ClN2O/c1-6-29-23(30-24(27)26(29,4)5)18-22-25(2,3)20-15-9-10-16-21(20)28(22)17-11-14-19-12-7-8-13-19/h9-10,15-16,18-19,24H,6-8,11-14,17H2,1-5H3/q+1. The van der Waals surface area contributed by atoms with Crippen LogP contribution >= 0.6 is 11.6 Å². The number of ether oxygens (including phenoxy) is 1. The Morgan fingerprint density at radius 2 is 1.87 bits per heavy atom. The molecule has 4 heteroatoms. The highest BCUT2D eigenvalue weighted by molar-refractivity contribution is 6.21. The van der Waals surface area contributed by atoms with E-state index in [0.717, 1.165) is 24.9 Å². The number of fused-ring (bicyclic) bond motifs is 1. The second kappa shape index (κ2) is 8.22. The SMILES string of the molecule is CC[N+]1=C(/C=C2/N(CCCC3CCCC3)c3ccccc3C2(C)C)OC(Cl)C1(C)C. The van der Waals surface area contributed by atoms with Crippen LogP contribution in [-0.2, 0) is 10.2 Å². The van der Waals surface area contributed by atoms with Crippen molar-refractivity contribution in [1.29, 1.82) is 0 Å². The van der Waals surface area contributed by atoms with E-state index >= 15 is 0 Å². The Morgan fingerprint density at radius 3 is 2.57 bits per heavy atom. The highest BCUT2D eigenvalue weighted by Crippen LogP contribution is 2.48. The van der Waals surface area contributed by atoms with E-state index in [2.05, 4.69) is 74.4 Å². The fourth-order valence-corrected chi connectivity index (χ4v) is 5.90. The Hall–Kier alpha value is -1.48. The molecule has 0 aromatic heterocycles. The largest absolute Gasteiger partial charge is 0.417 e. The first kappa shape index (κ1) is 21.7. The Bertz CT molecular complexity index is 848. The minimum Gasteiger partial charge on any atom is -0.417 e. The van der Waals surface area contributed by atoms with Crippen LogP contribution in [0.1, 0.15) is 78.7 Å². The molecule has 1 fully saturated rings. The van der Waals surface area contributed by atoms with Gasteiger partial charge < -0.3 is 9.64 Å². The first-order valence-electron chi connectivity index (χ1n) is 11.8. The van der Waals surface area contributed by atoms with Gasteiger partial charge in [-0.3, -0.25) is 0 Å². The molecule has 0 N–H and O–H groups in total. The number of hydrogen-bond acceptors (Lipinski definition) is 2. The predicted molar refractivity (Wildman–Crippen MR) is 127 cm³/mol. The molecule has 1 aliphatic carbocycles. The quantitative estimate of drug-likeness (QED) is 0.381. The molecule has 1 atom stereocenters. The van der Waals surface area contributed by atoms with Gasteiger partial charge in [-0.1, -0.05) is 69.3 Å². The van der Waals surface area contributed by atoms with Gasteiger partial charge in [-0.15, -0.1) is 0 Å². The lowest BCUT2D eigenvalue weighted by atomic mass is 9.83. The number of para-hydroxylation sites is 1. The molecule has 30 heavy (non-hydrogen) atoms. The molecule has 1 saturated carbocycles. The van der Waals surface area contributed by atoms with Crippen LogP contribution in [0.25, 0.3) is 0 Å². The van der Waals surface area contributed by atoms with Crippen LogP contribution in [0.15, 0.2) is 36.0 Å². The Labute approximate surface area is 187 Å². The third kappa shape index (κ3) is 3.68. The lowest BCUT2D eigenvalue weighted by molar-refractivity contribution is -0.588. The number of allylic oxidation sites excluding steroid dienone is 1. The second-order valence-corrected chi connectivity index (χ2v) is 10.7. The monoisotopic (exact) mass is 429 g/mol. The van der Waals surface area contributed by atoms with E-state index in [9.17, 15) is 0 Å². The van der Waals surface area contributed by atoms with Gasteiger partial charge in [-0.2, -0.15) is 4.58 Å². The van der Waals surface area contributed by atoms with Gasteiger partial charge >= 0.3 is 5.90 Å². The summed E-state index contributed by atoms with van der Waals surface area (Å²) in [5.41, 5.74) is 3.46. The van der Waals surface area contributed by atoms with Gasteiger partial charge in [-0.25, -0.2) is 0 Å². The van der Waals surface area contributed by atoms with E-state index in [1.165, 1.54) is 55.5 Å². The van der Waals surface area contributed by atoms with Crippen LogP contribution in [0.3, 0.4) is 0 Å². The van der Waals surface area contributed by atoms with Crippen molar-refractivity contribution in [1.82, 2.24) is 0 Å². The van der Waals surface area contributed by atoms with E-state index < -0.39 is 0 Å². The second-order valence-electron chi connectivity index (χ2n) is 10.3. The van der Waals surface area contributed by atoms with Gasteiger partial charge in [0.05, 0.1) is 6.08 Å². The van der Waals surface area contributed by atoms with Crippen molar-refractivity contribution in [3.05, 3.63) is 41.6 Å². The minimum absolute atomic E-state index is 0.0612. The number of rotatable bonds is 6. The van der Waals surface area contributed by atoms with Gasteiger partial charge in [0.1, 0.15) is 6.54 Å². The van der Waals surface area contributed by atoms with Gasteiger partial charge in [0.15, 0.2) is 0 Å². The third-order valence-electron chi connectivity index (χ3n) is 7.59. The van der Waals surface area contributed by atoms with Crippen molar-refractivity contribution in [3.63, 3.8) is 0 Å². The topological polar surface area (TPSA) is 15.5 Å². The number of hydrogen-bond donors (Lipinski definition) is 0. The van der Waals surface area contributed by atoms with Crippen LogP contribution in [-0.4, -0.2) is 34.7 Å². The number of nitrogens with zero attached hydrogens (tertiary/aromatic N) is 2. The highest BCUT2D eigenvalue weighted by Gasteiger charge is 2.50. The van der Waals surface area contributed by atoms with E-state index in [0.29, 0.717) is 0 Å². The first-order chi connectivity index (χ1) is 14.3. The molecule has 3 aliphatic rings. The lowest BCUT2D eigenvalue weighted by Crippen LogP contribution is -2.40.